The molecular formula is C16H14ClF2IS. The SMILES string of the molecule is FC(F)c1cccc(Sc2ccc(CCCI)c(Cl)c2)c1. The second-order valence-corrected chi connectivity index (χ2v) is 7.15. The van der Waals surface area contributed by atoms with E-state index in [1.54, 1.807) is 6.07 Å². The lowest BCUT2D eigenvalue weighted by molar-refractivity contribution is 0.151. The summed E-state index contributed by atoms with van der Waals surface area (Å²) in [5.74, 6) is 0. The minimum atomic E-state index is -2.44. The van der Waals surface area contributed by atoms with Crippen LogP contribution in [0.15, 0.2) is 52.3 Å². The molecule has 0 bridgehead atoms. The van der Waals surface area contributed by atoms with Crippen LogP contribution in [-0.2, 0) is 6.42 Å². The molecule has 0 saturated heterocycles. The minimum Gasteiger partial charge on any atom is -0.205 e. The average molecular weight is 439 g/mol. The van der Waals surface area contributed by atoms with E-state index in [0.717, 1.165) is 37.6 Å². The molecule has 5 heteroatoms. The first-order valence-corrected chi connectivity index (χ1v) is 9.22. The monoisotopic (exact) mass is 438 g/mol. The van der Waals surface area contributed by atoms with Crippen LogP contribution in [0.2, 0.25) is 5.02 Å². The quantitative estimate of drug-likeness (QED) is 0.353. The highest BCUT2D eigenvalue weighted by Crippen LogP contribution is 2.33. The Hall–Kier alpha value is -0.330. The summed E-state index contributed by atoms with van der Waals surface area (Å²) >= 11 is 10.1. The molecule has 0 fully saturated rings. The second kappa shape index (κ2) is 8.34. The van der Waals surface area contributed by atoms with Gasteiger partial charge in [0.1, 0.15) is 0 Å². The first-order valence-electron chi connectivity index (χ1n) is 6.50. The number of halogens is 4. The number of rotatable bonds is 6. The van der Waals surface area contributed by atoms with Crippen molar-refractivity contribution >= 4 is 46.0 Å². The highest BCUT2D eigenvalue weighted by molar-refractivity contribution is 14.1. The molecule has 0 spiro atoms. The Labute approximate surface area is 146 Å². The Kier molecular flexibility index (Phi) is 6.76. The third kappa shape index (κ3) is 5.11. The minimum absolute atomic E-state index is 0.0461. The molecule has 0 aliphatic carbocycles. The Morgan fingerprint density at radius 2 is 1.86 bits per heavy atom. The molecule has 0 amide bonds. The van der Waals surface area contributed by atoms with E-state index < -0.39 is 6.43 Å². The zero-order chi connectivity index (χ0) is 15.2. The van der Waals surface area contributed by atoms with Gasteiger partial charge >= 0.3 is 0 Å². The summed E-state index contributed by atoms with van der Waals surface area (Å²) in [4.78, 5) is 1.76. The normalized spacial score (nSPS) is 11.1. The van der Waals surface area contributed by atoms with E-state index in [1.807, 2.05) is 24.3 Å². The molecule has 0 nitrogen and oxygen atoms in total. The van der Waals surface area contributed by atoms with Gasteiger partial charge in [-0.3, -0.25) is 0 Å². The van der Waals surface area contributed by atoms with Crippen LogP contribution in [0.3, 0.4) is 0 Å². The van der Waals surface area contributed by atoms with Crippen LogP contribution in [-0.4, -0.2) is 4.43 Å². The summed E-state index contributed by atoms with van der Waals surface area (Å²) in [6.45, 7) is 0. The van der Waals surface area contributed by atoms with Crippen LogP contribution in [0.25, 0.3) is 0 Å². The van der Waals surface area contributed by atoms with Gasteiger partial charge in [0.05, 0.1) is 0 Å². The van der Waals surface area contributed by atoms with E-state index in [-0.39, 0.29) is 5.56 Å². The summed E-state index contributed by atoms with van der Waals surface area (Å²) in [5.41, 5.74) is 1.18. The van der Waals surface area contributed by atoms with E-state index in [2.05, 4.69) is 22.6 Å². The second-order valence-electron chi connectivity index (χ2n) is 4.52. The summed E-state index contributed by atoms with van der Waals surface area (Å²) < 4.78 is 26.5. The smallest absolute Gasteiger partial charge is 0.205 e. The van der Waals surface area contributed by atoms with Crippen molar-refractivity contribution in [2.45, 2.75) is 29.1 Å². The molecule has 2 aromatic rings. The standard InChI is InChI=1S/C16H14ClF2IS/c17-15-10-14(7-6-11(15)4-2-8-20)21-13-5-1-3-12(9-13)16(18)19/h1,3,5-7,9-10,16H,2,4,8H2. The molecule has 0 atom stereocenters. The molecule has 0 aliphatic heterocycles. The molecule has 0 aliphatic rings. The third-order valence-electron chi connectivity index (χ3n) is 2.95. The highest BCUT2D eigenvalue weighted by Gasteiger charge is 2.08. The average Bonchev–Trinajstić information content (AvgIpc) is 2.47. The van der Waals surface area contributed by atoms with Crippen molar-refractivity contribution in [3.05, 3.63) is 58.6 Å². The zero-order valence-electron chi connectivity index (χ0n) is 11.2. The zero-order valence-corrected chi connectivity index (χ0v) is 14.9. The molecule has 112 valence electrons. The number of alkyl halides is 3. The fraction of sp³-hybridized carbons (Fsp3) is 0.250. The lowest BCUT2D eigenvalue weighted by atomic mass is 10.1. The summed E-state index contributed by atoms with van der Waals surface area (Å²) in [6, 6.07) is 12.4. The van der Waals surface area contributed by atoms with Gasteiger partial charge in [-0.05, 0) is 47.1 Å². The summed E-state index contributed by atoms with van der Waals surface area (Å²) in [5, 5.41) is 0.745. The lowest BCUT2D eigenvalue weighted by Crippen LogP contribution is -1.88. The van der Waals surface area contributed by atoms with Gasteiger partial charge in [-0.25, -0.2) is 8.78 Å². The third-order valence-corrected chi connectivity index (χ3v) is 5.04. The number of benzene rings is 2. The van der Waals surface area contributed by atoms with Crippen LogP contribution < -0.4 is 0 Å². The van der Waals surface area contributed by atoms with Crippen molar-refractivity contribution < 1.29 is 8.78 Å². The fourth-order valence-corrected chi connectivity index (χ4v) is 3.55. The van der Waals surface area contributed by atoms with Gasteiger partial charge in [0.2, 0.25) is 0 Å². The van der Waals surface area contributed by atoms with E-state index in [9.17, 15) is 8.78 Å². The van der Waals surface area contributed by atoms with Crippen LogP contribution in [0.4, 0.5) is 8.78 Å². The van der Waals surface area contributed by atoms with Gasteiger partial charge in [-0.15, -0.1) is 0 Å². The largest absolute Gasteiger partial charge is 0.263 e. The van der Waals surface area contributed by atoms with E-state index >= 15 is 0 Å². The number of aryl methyl sites for hydroxylation is 1. The van der Waals surface area contributed by atoms with Gasteiger partial charge in [-0.2, -0.15) is 0 Å². The van der Waals surface area contributed by atoms with Gasteiger partial charge < -0.3 is 0 Å². The Balaban J connectivity index is 2.12. The molecule has 2 rings (SSSR count). The van der Waals surface area contributed by atoms with Crippen molar-refractivity contribution in [1.29, 1.82) is 0 Å². The predicted octanol–water partition coefficient (Wildman–Crippen LogP) is 6.80. The maximum absolute atomic E-state index is 12.7. The molecule has 0 saturated carbocycles. The maximum Gasteiger partial charge on any atom is 0.263 e. The van der Waals surface area contributed by atoms with Crippen LogP contribution in [0, 0.1) is 0 Å². The van der Waals surface area contributed by atoms with E-state index in [4.69, 9.17) is 11.6 Å². The van der Waals surface area contributed by atoms with Crippen molar-refractivity contribution in [3.63, 3.8) is 0 Å². The number of hydrogen-bond acceptors (Lipinski definition) is 1. The highest BCUT2D eigenvalue weighted by atomic mass is 127. The Morgan fingerprint density at radius 3 is 2.52 bits per heavy atom. The van der Waals surface area contributed by atoms with Crippen molar-refractivity contribution in [2.24, 2.45) is 0 Å². The van der Waals surface area contributed by atoms with Crippen LogP contribution in [0.1, 0.15) is 24.0 Å². The topological polar surface area (TPSA) is 0 Å². The van der Waals surface area contributed by atoms with Gasteiger partial charge in [0, 0.05) is 20.4 Å². The molecule has 2 aromatic carbocycles. The molecule has 0 unspecified atom stereocenters. The Bertz CT molecular complexity index is 605. The van der Waals surface area contributed by atoms with Crippen molar-refractivity contribution in [2.75, 3.05) is 4.43 Å². The van der Waals surface area contributed by atoms with E-state index in [1.165, 1.54) is 23.9 Å². The van der Waals surface area contributed by atoms with E-state index in [0.29, 0.717) is 0 Å². The number of hydrogen-bond donors (Lipinski definition) is 0. The van der Waals surface area contributed by atoms with Crippen molar-refractivity contribution in [3.8, 4) is 0 Å². The van der Waals surface area contributed by atoms with Gasteiger partial charge in [-0.1, -0.05) is 64.2 Å². The maximum atomic E-state index is 12.7. The fourth-order valence-electron chi connectivity index (χ4n) is 1.90. The molecule has 21 heavy (non-hydrogen) atoms. The molecular weight excluding hydrogens is 425 g/mol. The van der Waals surface area contributed by atoms with Crippen LogP contribution in [0.5, 0.6) is 0 Å². The molecule has 0 aromatic heterocycles. The Morgan fingerprint density at radius 1 is 1.10 bits per heavy atom. The summed E-state index contributed by atoms with van der Waals surface area (Å²) in [7, 11) is 0. The summed E-state index contributed by atoms with van der Waals surface area (Å²) in [6.07, 6.45) is -0.374. The van der Waals surface area contributed by atoms with Gasteiger partial charge in [0.15, 0.2) is 0 Å². The molecule has 0 radical (unpaired) electrons. The lowest BCUT2D eigenvalue weighted by Gasteiger charge is -2.08. The molecule has 0 N–H and O–H groups in total. The first-order chi connectivity index (χ1) is 10.1. The molecule has 0 heterocycles. The van der Waals surface area contributed by atoms with Crippen LogP contribution >= 0.6 is 46.0 Å². The van der Waals surface area contributed by atoms with Gasteiger partial charge in [0.25, 0.3) is 6.43 Å². The predicted molar refractivity (Wildman–Crippen MR) is 94.2 cm³/mol. The van der Waals surface area contributed by atoms with Crippen molar-refractivity contribution in [1.82, 2.24) is 0 Å². The first kappa shape index (κ1) is 17.0.